The van der Waals surface area contributed by atoms with Gasteiger partial charge in [0.05, 0.1) is 5.56 Å². The van der Waals surface area contributed by atoms with Crippen molar-refractivity contribution in [1.29, 1.82) is 0 Å². The van der Waals surface area contributed by atoms with Gasteiger partial charge in [-0.05, 0) is 26.0 Å². The molecule has 0 atom stereocenters. The van der Waals surface area contributed by atoms with E-state index in [0.29, 0.717) is 13.1 Å². The normalized spacial score (nSPS) is 19.9. The third-order valence-electron chi connectivity index (χ3n) is 5.66. The number of hydrogen-bond acceptors (Lipinski definition) is 4. The number of fused-ring (bicyclic) bond motifs is 1. The van der Waals surface area contributed by atoms with E-state index in [9.17, 15) is 9.59 Å². The number of amides is 2. The Morgan fingerprint density at radius 1 is 0.962 bits per heavy atom. The van der Waals surface area contributed by atoms with Gasteiger partial charge in [-0.25, -0.2) is 0 Å². The third-order valence-corrected chi connectivity index (χ3v) is 6.62. The van der Waals surface area contributed by atoms with Crippen LogP contribution in [0.2, 0.25) is 0 Å². The van der Waals surface area contributed by atoms with Crippen molar-refractivity contribution in [3.63, 3.8) is 0 Å². The molecule has 2 saturated heterocycles. The van der Waals surface area contributed by atoms with Crippen LogP contribution in [0.5, 0.6) is 0 Å². The standard InChI is InChI=1S/C20H25N3O2S/c1-21-10-12-23(13-11-21)19(24)15-6-8-22(9-7-15)20(25)17-14-26-18-5-3-2-4-16(17)18/h2-5,14-15H,6-13H2,1H3. The maximum absolute atomic E-state index is 12.9. The van der Waals surface area contributed by atoms with Gasteiger partial charge in [0.25, 0.3) is 5.91 Å². The van der Waals surface area contributed by atoms with Crippen LogP contribution in [-0.2, 0) is 4.79 Å². The molecule has 2 fully saturated rings. The highest BCUT2D eigenvalue weighted by molar-refractivity contribution is 7.17. The van der Waals surface area contributed by atoms with Crippen LogP contribution in [0.25, 0.3) is 10.1 Å². The van der Waals surface area contributed by atoms with Gasteiger partial charge in [0.2, 0.25) is 5.91 Å². The SMILES string of the molecule is CN1CCN(C(=O)C2CCN(C(=O)c3csc4ccccc34)CC2)CC1. The van der Waals surface area contributed by atoms with Gasteiger partial charge in [-0.15, -0.1) is 11.3 Å². The molecule has 3 heterocycles. The van der Waals surface area contributed by atoms with Crippen molar-refractivity contribution in [1.82, 2.24) is 14.7 Å². The highest BCUT2D eigenvalue weighted by atomic mass is 32.1. The second kappa shape index (κ2) is 7.37. The molecule has 2 aromatic rings. The molecule has 6 heteroatoms. The summed E-state index contributed by atoms with van der Waals surface area (Å²) in [5.41, 5.74) is 0.800. The van der Waals surface area contributed by atoms with E-state index in [4.69, 9.17) is 0 Å². The van der Waals surface area contributed by atoms with E-state index in [1.54, 1.807) is 11.3 Å². The fraction of sp³-hybridized carbons (Fsp3) is 0.500. The second-order valence-electron chi connectivity index (χ2n) is 7.34. The summed E-state index contributed by atoms with van der Waals surface area (Å²) < 4.78 is 1.15. The van der Waals surface area contributed by atoms with Crippen molar-refractivity contribution in [2.24, 2.45) is 5.92 Å². The highest BCUT2D eigenvalue weighted by Crippen LogP contribution is 2.28. The summed E-state index contributed by atoms with van der Waals surface area (Å²) in [6, 6.07) is 8.05. The van der Waals surface area contributed by atoms with Gasteiger partial charge in [-0.1, -0.05) is 18.2 Å². The van der Waals surface area contributed by atoms with E-state index in [1.165, 1.54) is 0 Å². The first-order chi connectivity index (χ1) is 12.6. The van der Waals surface area contributed by atoms with Crippen molar-refractivity contribution < 1.29 is 9.59 Å². The molecule has 1 aromatic carbocycles. The van der Waals surface area contributed by atoms with Crippen molar-refractivity contribution in [3.05, 3.63) is 35.2 Å². The van der Waals surface area contributed by atoms with Crippen LogP contribution < -0.4 is 0 Å². The number of likely N-dealkylation sites (tertiary alicyclic amines) is 1. The molecular formula is C20H25N3O2S. The minimum Gasteiger partial charge on any atom is -0.340 e. The van der Waals surface area contributed by atoms with Crippen LogP contribution in [0.15, 0.2) is 29.6 Å². The van der Waals surface area contributed by atoms with Crippen LogP contribution >= 0.6 is 11.3 Å². The number of piperazine rings is 1. The molecule has 26 heavy (non-hydrogen) atoms. The number of rotatable bonds is 2. The smallest absolute Gasteiger partial charge is 0.255 e. The van der Waals surface area contributed by atoms with Crippen LogP contribution in [-0.4, -0.2) is 72.8 Å². The quantitative estimate of drug-likeness (QED) is 0.815. The van der Waals surface area contributed by atoms with Gasteiger partial charge in [-0.3, -0.25) is 9.59 Å². The summed E-state index contributed by atoms with van der Waals surface area (Å²) in [5.74, 6) is 0.459. The van der Waals surface area contributed by atoms with E-state index in [1.807, 2.05) is 33.4 Å². The van der Waals surface area contributed by atoms with Crippen molar-refractivity contribution in [2.75, 3.05) is 46.3 Å². The Morgan fingerprint density at radius 2 is 1.65 bits per heavy atom. The zero-order valence-corrected chi connectivity index (χ0v) is 16.0. The lowest BCUT2D eigenvalue weighted by atomic mass is 9.94. The average molecular weight is 372 g/mol. The van der Waals surface area contributed by atoms with E-state index in [2.05, 4.69) is 18.0 Å². The third kappa shape index (κ3) is 3.35. The molecule has 2 aliphatic heterocycles. The number of carbonyl (C=O) groups excluding carboxylic acids is 2. The lowest BCUT2D eigenvalue weighted by Crippen LogP contribution is -2.51. The summed E-state index contributed by atoms with van der Waals surface area (Å²) in [6.45, 7) is 4.91. The molecule has 0 bridgehead atoms. The Labute approximate surface area is 158 Å². The number of benzene rings is 1. The summed E-state index contributed by atoms with van der Waals surface area (Å²) in [4.78, 5) is 31.9. The summed E-state index contributed by atoms with van der Waals surface area (Å²) >= 11 is 1.62. The molecule has 5 nitrogen and oxygen atoms in total. The van der Waals surface area contributed by atoms with Gasteiger partial charge < -0.3 is 14.7 Å². The minimum atomic E-state index is 0.0710. The molecule has 0 saturated carbocycles. The summed E-state index contributed by atoms with van der Waals surface area (Å²) in [5, 5.41) is 3.01. The number of likely N-dealkylation sites (N-methyl/N-ethyl adjacent to an activating group) is 1. The molecular weight excluding hydrogens is 346 g/mol. The zero-order valence-electron chi connectivity index (χ0n) is 15.2. The maximum atomic E-state index is 12.9. The second-order valence-corrected chi connectivity index (χ2v) is 8.25. The summed E-state index contributed by atoms with van der Waals surface area (Å²) in [6.07, 6.45) is 1.55. The van der Waals surface area contributed by atoms with Crippen molar-refractivity contribution >= 4 is 33.2 Å². The first-order valence-electron chi connectivity index (χ1n) is 9.36. The fourth-order valence-corrected chi connectivity index (χ4v) is 4.86. The minimum absolute atomic E-state index is 0.0710. The molecule has 138 valence electrons. The van der Waals surface area contributed by atoms with E-state index >= 15 is 0 Å². The van der Waals surface area contributed by atoms with Gasteiger partial charge >= 0.3 is 0 Å². The number of nitrogens with zero attached hydrogens (tertiary/aromatic N) is 3. The molecule has 0 unspecified atom stereocenters. The highest BCUT2D eigenvalue weighted by Gasteiger charge is 2.32. The Morgan fingerprint density at radius 3 is 2.38 bits per heavy atom. The Hall–Kier alpha value is -1.92. The first-order valence-corrected chi connectivity index (χ1v) is 10.2. The lowest BCUT2D eigenvalue weighted by molar-refractivity contribution is -0.138. The fourth-order valence-electron chi connectivity index (χ4n) is 3.93. The van der Waals surface area contributed by atoms with E-state index in [-0.39, 0.29) is 17.7 Å². The topological polar surface area (TPSA) is 43.9 Å². The van der Waals surface area contributed by atoms with Crippen LogP contribution in [0.1, 0.15) is 23.2 Å². The largest absolute Gasteiger partial charge is 0.340 e. The number of piperidine rings is 1. The molecule has 0 radical (unpaired) electrons. The molecule has 0 spiro atoms. The van der Waals surface area contributed by atoms with E-state index < -0.39 is 0 Å². The molecule has 0 aliphatic carbocycles. The number of carbonyl (C=O) groups is 2. The van der Waals surface area contributed by atoms with E-state index in [0.717, 1.165) is 54.7 Å². The van der Waals surface area contributed by atoms with Crippen molar-refractivity contribution in [2.45, 2.75) is 12.8 Å². The lowest BCUT2D eigenvalue weighted by Gasteiger charge is -2.37. The molecule has 1 aromatic heterocycles. The Bertz CT molecular complexity index is 802. The zero-order chi connectivity index (χ0) is 18.1. The predicted octanol–water partition coefficient (Wildman–Crippen LogP) is 2.53. The number of thiophene rings is 1. The van der Waals surface area contributed by atoms with Gasteiger partial charge in [0.1, 0.15) is 0 Å². The van der Waals surface area contributed by atoms with Crippen LogP contribution in [0.3, 0.4) is 0 Å². The van der Waals surface area contributed by atoms with Gasteiger partial charge in [0, 0.05) is 60.7 Å². The van der Waals surface area contributed by atoms with Crippen molar-refractivity contribution in [3.8, 4) is 0 Å². The molecule has 2 amide bonds. The van der Waals surface area contributed by atoms with Crippen LogP contribution in [0.4, 0.5) is 0 Å². The molecule has 4 rings (SSSR count). The van der Waals surface area contributed by atoms with Gasteiger partial charge in [0.15, 0.2) is 0 Å². The Balaban J connectivity index is 1.37. The average Bonchev–Trinajstić information content (AvgIpc) is 3.12. The van der Waals surface area contributed by atoms with Gasteiger partial charge in [-0.2, -0.15) is 0 Å². The first kappa shape index (κ1) is 17.5. The monoisotopic (exact) mass is 371 g/mol. The Kier molecular flexibility index (Phi) is 4.96. The summed E-state index contributed by atoms with van der Waals surface area (Å²) in [7, 11) is 2.10. The molecule has 0 N–H and O–H groups in total. The maximum Gasteiger partial charge on any atom is 0.255 e. The predicted molar refractivity (Wildman–Crippen MR) is 105 cm³/mol. The number of hydrogen-bond donors (Lipinski definition) is 0. The molecule has 2 aliphatic rings. The van der Waals surface area contributed by atoms with Crippen LogP contribution in [0, 0.1) is 5.92 Å².